The van der Waals surface area contributed by atoms with Gasteiger partial charge < -0.3 is 20.1 Å². The standard InChI is InChI=1S/C15H24N2O2/c1-15(2,11-17-7-6-16-3)12-4-5-13-14(10-12)19-9-8-18-13/h4-5,10,16-17H,6-9,11H2,1-3H3. The summed E-state index contributed by atoms with van der Waals surface area (Å²) in [6, 6.07) is 6.25. The maximum Gasteiger partial charge on any atom is 0.161 e. The molecular weight excluding hydrogens is 240 g/mol. The first kappa shape index (κ1) is 14.2. The first-order valence-corrected chi connectivity index (χ1v) is 6.89. The summed E-state index contributed by atoms with van der Waals surface area (Å²) in [4.78, 5) is 0. The Morgan fingerprint density at radius 3 is 2.58 bits per heavy atom. The quantitative estimate of drug-likeness (QED) is 0.765. The predicted molar refractivity (Wildman–Crippen MR) is 77.3 cm³/mol. The Hall–Kier alpha value is -1.26. The van der Waals surface area contributed by atoms with Gasteiger partial charge in [0.1, 0.15) is 13.2 Å². The van der Waals surface area contributed by atoms with Crippen LogP contribution in [0.3, 0.4) is 0 Å². The van der Waals surface area contributed by atoms with E-state index in [-0.39, 0.29) is 5.41 Å². The Morgan fingerprint density at radius 1 is 1.11 bits per heavy atom. The lowest BCUT2D eigenvalue weighted by molar-refractivity contribution is 0.171. The van der Waals surface area contributed by atoms with Gasteiger partial charge in [-0.1, -0.05) is 19.9 Å². The van der Waals surface area contributed by atoms with Crippen LogP contribution in [0, 0.1) is 0 Å². The molecule has 19 heavy (non-hydrogen) atoms. The Labute approximate surface area is 115 Å². The van der Waals surface area contributed by atoms with Crippen molar-refractivity contribution in [2.75, 3.05) is 39.9 Å². The molecule has 106 valence electrons. The zero-order valence-corrected chi connectivity index (χ0v) is 12.1. The molecular formula is C15H24N2O2. The summed E-state index contributed by atoms with van der Waals surface area (Å²) in [6.45, 7) is 8.66. The van der Waals surface area contributed by atoms with E-state index in [2.05, 4.69) is 36.6 Å². The second-order valence-corrected chi connectivity index (χ2v) is 5.52. The van der Waals surface area contributed by atoms with Crippen LogP contribution >= 0.6 is 0 Å². The van der Waals surface area contributed by atoms with Gasteiger partial charge in [0.15, 0.2) is 11.5 Å². The van der Waals surface area contributed by atoms with Crippen molar-refractivity contribution in [1.82, 2.24) is 10.6 Å². The van der Waals surface area contributed by atoms with Crippen LogP contribution in [0.1, 0.15) is 19.4 Å². The van der Waals surface area contributed by atoms with E-state index in [1.54, 1.807) is 0 Å². The van der Waals surface area contributed by atoms with Crippen LogP contribution in [-0.4, -0.2) is 39.9 Å². The summed E-state index contributed by atoms with van der Waals surface area (Å²) >= 11 is 0. The van der Waals surface area contributed by atoms with Gasteiger partial charge in [-0.3, -0.25) is 0 Å². The van der Waals surface area contributed by atoms with Gasteiger partial charge in [0.05, 0.1) is 0 Å². The molecule has 2 rings (SSSR count). The molecule has 4 heteroatoms. The monoisotopic (exact) mass is 264 g/mol. The maximum absolute atomic E-state index is 5.65. The highest BCUT2D eigenvalue weighted by Crippen LogP contribution is 2.34. The van der Waals surface area contributed by atoms with Crippen molar-refractivity contribution in [3.05, 3.63) is 23.8 Å². The molecule has 1 aromatic rings. The SMILES string of the molecule is CNCCNCC(C)(C)c1ccc2c(c1)OCCO2. The molecule has 0 bridgehead atoms. The van der Waals surface area contributed by atoms with Crippen LogP contribution in [0.5, 0.6) is 11.5 Å². The minimum Gasteiger partial charge on any atom is -0.486 e. The predicted octanol–water partition coefficient (Wildman–Crippen LogP) is 1.54. The van der Waals surface area contributed by atoms with Crippen LogP contribution in [0.15, 0.2) is 18.2 Å². The summed E-state index contributed by atoms with van der Waals surface area (Å²) in [5, 5.41) is 6.61. The fourth-order valence-electron chi connectivity index (χ4n) is 2.18. The molecule has 0 aliphatic carbocycles. The Bertz CT molecular complexity index is 419. The third-order valence-electron chi connectivity index (χ3n) is 3.44. The maximum atomic E-state index is 5.65. The minimum absolute atomic E-state index is 0.0730. The number of likely N-dealkylation sites (N-methyl/N-ethyl adjacent to an activating group) is 1. The van der Waals surface area contributed by atoms with Gasteiger partial charge in [-0.25, -0.2) is 0 Å². The van der Waals surface area contributed by atoms with E-state index in [1.165, 1.54) is 5.56 Å². The van der Waals surface area contributed by atoms with Crippen LogP contribution < -0.4 is 20.1 Å². The van der Waals surface area contributed by atoms with Crippen LogP contribution in [-0.2, 0) is 5.41 Å². The third-order valence-corrected chi connectivity index (χ3v) is 3.44. The van der Waals surface area contributed by atoms with Gasteiger partial charge >= 0.3 is 0 Å². The average Bonchev–Trinajstić information content (AvgIpc) is 2.43. The molecule has 0 atom stereocenters. The third kappa shape index (κ3) is 3.61. The molecule has 0 saturated heterocycles. The van der Waals surface area contributed by atoms with Crippen molar-refractivity contribution in [2.45, 2.75) is 19.3 Å². The molecule has 2 N–H and O–H groups in total. The van der Waals surface area contributed by atoms with Crippen molar-refractivity contribution < 1.29 is 9.47 Å². The lowest BCUT2D eigenvalue weighted by atomic mass is 9.84. The number of benzene rings is 1. The highest BCUT2D eigenvalue weighted by Gasteiger charge is 2.22. The largest absolute Gasteiger partial charge is 0.486 e. The van der Waals surface area contributed by atoms with Crippen molar-refractivity contribution >= 4 is 0 Å². The summed E-state index contributed by atoms with van der Waals surface area (Å²) in [6.07, 6.45) is 0. The van der Waals surface area contributed by atoms with E-state index in [4.69, 9.17) is 9.47 Å². The van der Waals surface area contributed by atoms with Crippen molar-refractivity contribution in [3.63, 3.8) is 0 Å². The van der Waals surface area contributed by atoms with Gasteiger partial charge in [-0.2, -0.15) is 0 Å². The molecule has 0 radical (unpaired) electrons. The molecule has 0 unspecified atom stereocenters. The lowest BCUT2D eigenvalue weighted by Gasteiger charge is -2.28. The molecule has 1 aliphatic rings. The molecule has 1 aliphatic heterocycles. The molecule has 0 aromatic heterocycles. The fraction of sp³-hybridized carbons (Fsp3) is 0.600. The van der Waals surface area contributed by atoms with Crippen LogP contribution in [0.2, 0.25) is 0 Å². The summed E-state index contributed by atoms with van der Waals surface area (Å²) in [7, 11) is 1.97. The zero-order chi connectivity index (χ0) is 13.7. The van der Waals surface area contributed by atoms with E-state index in [0.717, 1.165) is 31.1 Å². The van der Waals surface area contributed by atoms with E-state index in [9.17, 15) is 0 Å². The molecule has 0 spiro atoms. The topological polar surface area (TPSA) is 42.5 Å². The Kier molecular flexibility index (Phi) is 4.66. The molecule has 1 heterocycles. The number of ether oxygens (including phenoxy) is 2. The smallest absolute Gasteiger partial charge is 0.161 e. The van der Waals surface area contributed by atoms with Gasteiger partial charge in [-0.15, -0.1) is 0 Å². The van der Waals surface area contributed by atoms with Gasteiger partial charge in [-0.05, 0) is 24.7 Å². The van der Waals surface area contributed by atoms with Crippen molar-refractivity contribution in [1.29, 1.82) is 0 Å². The summed E-state index contributed by atoms with van der Waals surface area (Å²) in [5.41, 5.74) is 1.34. The van der Waals surface area contributed by atoms with E-state index < -0.39 is 0 Å². The normalized spacial score (nSPS) is 14.5. The van der Waals surface area contributed by atoms with E-state index in [1.807, 2.05) is 13.1 Å². The number of hydrogen-bond acceptors (Lipinski definition) is 4. The molecule has 0 amide bonds. The minimum atomic E-state index is 0.0730. The molecule has 0 fully saturated rings. The van der Waals surface area contributed by atoms with Gasteiger partial charge in [0.25, 0.3) is 0 Å². The Morgan fingerprint density at radius 2 is 1.84 bits per heavy atom. The van der Waals surface area contributed by atoms with Crippen LogP contribution in [0.4, 0.5) is 0 Å². The van der Waals surface area contributed by atoms with E-state index >= 15 is 0 Å². The van der Waals surface area contributed by atoms with Crippen molar-refractivity contribution in [2.24, 2.45) is 0 Å². The number of nitrogens with one attached hydrogen (secondary N) is 2. The highest BCUT2D eigenvalue weighted by atomic mass is 16.6. The average molecular weight is 264 g/mol. The first-order chi connectivity index (χ1) is 9.13. The first-order valence-electron chi connectivity index (χ1n) is 6.89. The van der Waals surface area contributed by atoms with Gasteiger partial charge in [0, 0.05) is 25.0 Å². The second-order valence-electron chi connectivity index (χ2n) is 5.52. The van der Waals surface area contributed by atoms with Gasteiger partial charge in [0.2, 0.25) is 0 Å². The van der Waals surface area contributed by atoms with E-state index in [0.29, 0.717) is 13.2 Å². The highest BCUT2D eigenvalue weighted by molar-refractivity contribution is 5.45. The molecule has 4 nitrogen and oxygen atoms in total. The fourth-order valence-corrected chi connectivity index (χ4v) is 2.18. The lowest BCUT2D eigenvalue weighted by Crippen LogP contribution is -2.36. The molecule has 1 aromatic carbocycles. The Balaban J connectivity index is 2.03. The number of fused-ring (bicyclic) bond motifs is 1. The number of rotatable bonds is 6. The molecule has 0 saturated carbocycles. The summed E-state index contributed by atoms with van der Waals surface area (Å²) < 4.78 is 11.2. The van der Waals surface area contributed by atoms with Crippen LogP contribution in [0.25, 0.3) is 0 Å². The van der Waals surface area contributed by atoms with Crippen molar-refractivity contribution in [3.8, 4) is 11.5 Å². The summed E-state index contributed by atoms with van der Waals surface area (Å²) in [5.74, 6) is 1.72. The zero-order valence-electron chi connectivity index (χ0n) is 12.1. The number of hydrogen-bond donors (Lipinski definition) is 2. The second kappa shape index (κ2) is 6.26.